The number of nitrogens with zero attached hydrogens (tertiary/aromatic N) is 3. The van der Waals surface area contributed by atoms with Gasteiger partial charge in [-0.05, 0) is 36.4 Å². The maximum atomic E-state index is 12.5. The number of amides is 1. The number of nitriles is 1. The first-order valence-corrected chi connectivity index (χ1v) is 9.41. The number of nitro benzene ring substituents is 2. The third-order valence-electron chi connectivity index (χ3n) is 4.35. The van der Waals surface area contributed by atoms with Crippen LogP contribution in [-0.2, 0) is 4.79 Å². The number of carbonyl (C=O) groups excluding carboxylic acids is 1. The van der Waals surface area contributed by atoms with E-state index < -0.39 is 21.4 Å². The molecule has 166 valence electrons. The van der Waals surface area contributed by atoms with Crippen molar-refractivity contribution >= 4 is 40.6 Å². The lowest BCUT2D eigenvalue weighted by atomic mass is 10.1. The minimum atomic E-state index is -0.845. The van der Waals surface area contributed by atoms with E-state index in [4.69, 9.17) is 20.8 Å². The number of nitro groups is 2. The second kappa shape index (κ2) is 9.63. The van der Waals surface area contributed by atoms with Crippen molar-refractivity contribution in [2.75, 3.05) is 12.4 Å². The summed E-state index contributed by atoms with van der Waals surface area (Å²) in [6.45, 7) is 0. The summed E-state index contributed by atoms with van der Waals surface area (Å²) in [5.41, 5.74) is -0.781. The Morgan fingerprint density at radius 1 is 1.12 bits per heavy atom. The van der Waals surface area contributed by atoms with Crippen LogP contribution in [0.1, 0.15) is 5.76 Å². The lowest BCUT2D eigenvalue weighted by Crippen LogP contribution is -2.13. The molecule has 1 heterocycles. The van der Waals surface area contributed by atoms with Crippen molar-refractivity contribution in [1.82, 2.24) is 0 Å². The van der Waals surface area contributed by atoms with E-state index in [1.54, 1.807) is 6.07 Å². The number of methoxy groups -OCH3 is 1. The summed E-state index contributed by atoms with van der Waals surface area (Å²) in [6.07, 6.45) is 1.14. The maximum Gasteiger partial charge on any atom is 0.289 e. The zero-order chi connectivity index (χ0) is 24.1. The third kappa shape index (κ3) is 5.15. The van der Waals surface area contributed by atoms with Gasteiger partial charge >= 0.3 is 0 Å². The van der Waals surface area contributed by atoms with Crippen LogP contribution in [0.25, 0.3) is 17.4 Å². The molecule has 0 spiro atoms. The van der Waals surface area contributed by atoms with Crippen LogP contribution in [-0.4, -0.2) is 22.9 Å². The SMILES string of the molecule is COc1ccc(-c2ccc(/C=C(\C#N)C(=O)Nc3ccc(Cl)c([N+](=O)[O-])c3)o2)c([N+](=O)[O-])c1. The molecule has 0 aliphatic rings. The summed E-state index contributed by atoms with van der Waals surface area (Å²) in [6, 6.07) is 12.5. The van der Waals surface area contributed by atoms with Gasteiger partial charge in [0, 0.05) is 17.8 Å². The predicted molar refractivity (Wildman–Crippen MR) is 118 cm³/mol. The van der Waals surface area contributed by atoms with Crippen molar-refractivity contribution in [3.63, 3.8) is 0 Å². The maximum absolute atomic E-state index is 12.5. The van der Waals surface area contributed by atoms with Gasteiger partial charge in [0.1, 0.15) is 33.9 Å². The van der Waals surface area contributed by atoms with Gasteiger partial charge in [0.05, 0.1) is 28.6 Å². The Kier molecular flexibility index (Phi) is 6.71. The van der Waals surface area contributed by atoms with E-state index in [2.05, 4.69) is 5.32 Å². The summed E-state index contributed by atoms with van der Waals surface area (Å²) >= 11 is 5.75. The minimum absolute atomic E-state index is 0.0613. The first-order valence-electron chi connectivity index (χ1n) is 9.03. The van der Waals surface area contributed by atoms with Crippen molar-refractivity contribution < 1.29 is 23.8 Å². The lowest BCUT2D eigenvalue weighted by molar-refractivity contribution is -0.384. The third-order valence-corrected chi connectivity index (χ3v) is 4.67. The summed E-state index contributed by atoms with van der Waals surface area (Å²) in [5, 5.41) is 34.0. The molecule has 0 atom stereocenters. The molecule has 1 N–H and O–H groups in total. The first-order chi connectivity index (χ1) is 15.7. The molecular formula is C21H13ClN4O7. The van der Waals surface area contributed by atoms with Gasteiger partial charge in [0.15, 0.2) is 0 Å². The number of ether oxygens (including phenoxy) is 1. The van der Waals surface area contributed by atoms with Gasteiger partial charge in [-0.15, -0.1) is 0 Å². The molecule has 0 saturated carbocycles. The van der Waals surface area contributed by atoms with Crippen LogP contribution in [0.2, 0.25) is 5.02 Å². The van der Waals surface area contributed by atoms with Crippen LogP contribution in [0.4, 0.5) is 17.1 Å². The molecule has 0 fully saturated rings. The summed E-state index contributed by atoms with van der Waals surface area (Å²) in [5.74, 6) is -0.323. The molecule has 1 amide bonds. The number of furan rings is 1. The monoisotopic (exact) mass is 468 g/mol. The Hall–Kier alpha value is -4.69. The molecule has 3 aromatic rings. The normalized spacial score (nSPS) is 10.9. The Balaban J connectivity index is 1.87. The molecular weight excluding hydrogens is 456 g/mol. The Bertz CT molecular complexity index is 1340. The van der Waals surface area contributed by atoms with Crippen LogP contribution < -0.4 is 10.1 Å². The van der Waals surface area contributed by atoms with Crippen LogP contribution in [0.3, 0.4) is 0 Å². The van der Waals surface area contributed by atoms with Gasteiger partial charge in [-0.1, -0.05) is 11.6 Å². The van der Waals surface area contributed by atoms with Crippen molar-refractivity contribution in [3.8, 4) is 23.1 Å². The quantitative estimate of drug-likeness (QED) is 0.220. The molecule has 1 aromatic heterocycles. The standard InChI is InChI=1S/C21H13ClN4O7/c1-32-14-3-5-16(18(10-14)25(28)29)20-7-4-15(33-20)8-12(11-23)21(27)24-13-2-6-17(22)19(9-13)26(30)31/h2-10H,1H3,(H,24,27)/b12-8+. The Morgan fingerprint density at radius 3 is 2.48 bits per heavy atom. The molecule has 0 aliphatic carbocycles. The summed E-state index contributed by atoms with van der Waals surface area (Å²) < 4.78 is 10.6. The number of hydrogen-bond acceptors (Lipinski definition) is 8. The molecule has 0 aliphatic heterocycles. The molecule has 12 heteroatoms. The molecule has 11 nitrogen and oxygen atoms in total. The summed E-state index contributed by atoms with van der Waals surface area (Å²) in [4.78, 5) is 33.6. The predicted octanol–water partition coefficient (Wildman–Crippen LogP) is 4.97. The Labute approximate surface area is 190 Å². The molecule has 2 aromatic carbocycles. The van der Waals surface area contributed by atoms with Crippen molar-refractivity contribution in [2.45, 2.75) is 0 Å². The molecule has 33 heavy (non-hydrogen) atoms. The van der Waals surface area contributed by atoms with Gasteiger partial charge in [0.2, 0.25) is 0 Å². The van der Waals surface area contributed by atoms with Crippen LogP contribution in [0.5, 0.6) is 5.75 Å². The van der Waals surface area contributed by atoms with Crippen LogP contribution in [0, 0.1) is 31.6 Å². The fraction of sp³-hybridized carbons (Fsp3) is 0.0476. The highest BCUT2D eigenvalue weighted by atomic mass is 35.5. The highest BCUT2D eigenvalue weighted by Gasteiger charge is 2.20. The topological polar surface area (TPSA) is 162 Å². The second-order valence-corrected chi connectivity index (χ2v) is 6.80. The first kappa shape index (κ1) is 23.0. The number of anilines is 1. The largest absolute Gasteiger partial charge is 0.497 e. The van der Waals surface area contributed by atoms with Crippen LogP contribution >= 0.6 is 11.6 Å². The molecule has 0 saturated heterocycles. The zero-order valence-electron chi connectivity index (χ0n) is 16.8. The van der Waals surface area contributed by atoms with Gasteiger partial charge in [0.25, 0.3) is 17.3 Å². The van der Waals surface area contributed by atoms with E-state index in [-0.39, 0.29) is 39.1 Å². The molecule has 0 bridgehead atoms. The molecule has 0 radical (unpaired) electrons. The molecule has 3 rings (SSSR count). The number of halogens is 1. The van der Waals surface area contributed by atoms with Crippen molar-refractivity contribution in [1.29, 1.82) is 5.26 Å². The van der Waals surface area contributed by atoms with E-state index >= 15 is 0 Å². The van der Waals surface area contributed by atoms with E-state index in [9.17, 15) is 30.3 Å². The van der Waals surface area contributed by atoms with E-state index in [0.29, 0.717) is 5.75 Å². The Morgan fingerprint density at radius 2 is 1.85 bits per heavy atom. The van der Waals surface area contributed by atoms with Crippen molar-refractivity contribution in [2.24, 2.45) is 0 Å². The fourth-order valence-electron chi connectivity index (χ4n) is 2.79. The van der Waals surface area contributed by atoms with E-state index in [1.807, 2.05) is 0 Å². The smallest absolute Gasteiger partial charge is 0.289 e. The van der Waals surface area contributed by atoms with E-state index in [1.165, 1.54) is 49.6 Å². The number of hydrogen-bond donors (Lipinski definition) is 1. The highest BCUT2D eigenvalue weighted by molar-refractivity contribution is 6.32. The van der Waals surface area contributed by atoms with Gasteiger partial charge in [-0.25, -0.2) is 0 Å². The second-order valence-electron chi connectivity index (χ2n) is 6.39. The zero-order valence-corrected chi connectivity index (χ0v) is 17.5. The minimum Gasteiger partial charge on any atom is -0.497 e. The van der Waals surface area contributed by atoms with Gasteiger partial charge in [-0.2, -0.15) is 5.26 Å². The lowest BCUT2D eigenvalue weighted by Gasteiger charge is -2.05. The fourth-order valence-corrected chi connectivity index (χ4v) is 2.98. The average molecular weight is 469 g/mol. The van der Waals surface area contributed by atoms with Gasteiger partial charge in [-0.3, -0.25) is 25.0 Å². The molecule has 0 unspecified atom stereocenters. The number of nitrogens with one attached hydrogen (secondary N) is 1. The number of rotatable bonds is 7. The highest BCUT2D eigenvalue weighted by Crippen LogP contribution is 2.34. The van der Waals surface area contributed by atoms with Crippen molar-refractivity contribution in [3.05, 3.63) is 85.1 Å². The average Bonchev–Trinajstić information content (AvgIpc) is 3.26. The van der Waals surface area contributed by atoms with Gasteiger partial charge < -0.3 is 14.5 Å². The van der Waals surface area contributed by atoms with Crippen LogP contribution in [0.15, 0.2) is 58.5 Å². The summed E-state index contributed by atoms with van der Waals surface area (Å²) in [7, 11) is 1.38. The number of carbonyl (C=O) groups is 1. The van der Waals surface area contributed by atoms with E-state index in [0.717, 1.165) is 12.1 Å². The number of benzene rings is 2.